The first kappa shape index (κ1) is 23.3. The summed E-state index contributed by atoms with van der Waals surface area (Å²) in [7, 11) is -2.29. The number of aromatic nitrogens is 1. The zero-order valence-electron chi connectivity index (χ0n) is 19.0. The van der Waals surface area contributed by atoms with Gasteiger partial charge in [0, 0.05) is 32.4 Å². The lowest BCUT2D eigenvalue weighted by molar-refractivity contribution is -0.120. The second-order valence-electron chi connectivity index (χ2n) is 8.64. The minimum atomic E-state index is -3.83. The zero-order valence-corrected chi connectivity index (χ0v) is 19.8. The molecule has 2 saturated heterocycles. The van der Waals surface area contributed by atoms with Crippen LogP contribution in [0.1, 0.15) is 41.7 Å². The number of carbonyl (C=O) groups excluding carboxylic acids is 2. The highest BCUT2D eigenvalue weighted by molar-refractivity contribution is 7.89. The number of sulfonamides is 1. The summed E-state index contributed by atoms with van der Waals surface area (Å²) in [4.78, 5) is 30.1. The van der Waals surface area contributed by atoms with E-state index in [9.17, 15) is 18.0 Å². The van der Waals surface area contributed by atoms with Crippen molar-refractivity contribution in [3.8, 4) is 5.75 Å². The van der Waals surface area contributed by atoms with Gasteiger partial charge in [0.15, 0.2) is 0 Å². The first-order chi connectivity index (χ1) is 15.8. The normalized spacial score (nSPS) is 19.5. The van der Waals surface area contributed by atoms with Crippen molar-refractivity contribution in [2.45, 2.75) is 37.5 Å². The quantitative estimate of drug-likeness (QED) is 0.668. The number of nitrogens with one attached hydrogen (secondary N) is 2. The number of H-pyrrole nitrogens is 1. The van der Waals surface area contributed by atoms with E-state index in [1.165, 1.54) is 23.7 Å². The number of carbonyl (C=O) groups is 2. The van der Waals surface area contributed by atoms with Gasteiger partial charge in [0.2, 0.25) is 15.9 Å². The molecule has 0 spiro atoms. The molecule has 1 aromatic heterocycles. The van der Waals surface area contributed by atoms with E-state index in [2.05, 4.69) is 10.3 Å². The van der Waals surface area contributed by atoms with Crippen LogP contribution in [0, 0.1) is 12.8 Å². The maximum atomic E-state index is 13.2. The smallest absolute Gasteiger partial charge is 0.270 e. The van der Waals surface area contributed by atoms with Crippen LogP contribution >= 0.6 is 0 Å². The van der Waals surface area contributed by atoms with Crippen LogP contribution in [0.15, 0.2) is 35.4 Å². The summed E-state index contributed by atoms with van der Waals surface area (Å²) in [5.74, 6) is -0.352. The van der Waals surface area contributed by atoms with Crippen molar-refractivity contribution in [2.24, 2.45) is 5.92 Å². The van der Waals surface area contributed by atoms with Crippen molar-refractivity contribution in [1.82, 2.24) is 14.2 Å². The van der Waals surface area contributed by atoms with Crippen molar-refractivity contribution in [3.63, 3.8) is 0 Å². The number of nitrogens with zero attached hydrogens (tertiary/aromatic N) is 2. The highest BCUT2D eigenvalue weighted by Crippen LogP contribution is 2.29. The van der Waals surface area contributed by atoms with Gasteiger partial charge in [0.1, 0.15) is 16.3 Å². The zero-order chi connectivity index (χ0) is 23.6. The Morgan fingerprint density at radius 3 is 2.61 bits per heavy atom. The fourth-order valence-electron chi connectivity index (χ4n) is 4.42. The van der Waals surface area contributed by atoms with Crippen LogP contribution in [0.25, 0.3) is 0 Å². The molecule has 0 radical (unpaired) electrons. The van der Waals surface area contributed by atoms with Crippen LogP contribution in [0.3, 0.4) is 0 Å². The summed E-state index contributed by atoms with van der Waals surface area (Å²) in [5.41, 5.74) is 1.82. The number of amides is 2. The molecule has 178 valence electrons. The summed E-state index contributed by atoms with van der Waals surface area (Å²) in [6.07, 6.45) is 4.45. The van der Waals surface area contributed by atoms with Gasteiger partial charge in [-0.1, -0.05) is 6.07 Å². The maximum Gasteiger partial charge on any atom is 0.270 e. The number of anilines is 1. The Kier molecular flexibility index (Phi) is 6.76. The molecule has 10 heteroatoms. The van der Waals surface area contributed by atoms with Gasteiger partial charge >= 0.3 is 0 Å². The number of aromatic amines is 1. The lowest BCUT2D eigenvalue weighted by Crippen LogP contribution is -2.43. The molecule has 4 rings (SSSR count). The van der Waals surface area contributed by atoms with Crippen LogP contribution in [0.2, 0.25) is 0 Å². The maximum absolute atomic E-state index is 13.2. The molecular formula is C23H30N4O5S. The molecule has 2 N–H and O–H groups in total. The number of rotatable bonds is 6. The Hall–Kier alpha value is -2.85. The predicted octanol–water partition coefficient (Wildman–Crippen LogP) is 2.61. The predicted molar refractivity (Wildman–Crippen MR) is 124 cm³/mol. The Morgan fingerprint density at radius 1 is 1.12 bits per heavy atom. The lowest BCUT2D eigenvalue weighted by Gasteiger charge is -2.31. The van der Waals surface area contributed by atoms with E-state index in [-0.39, 0.29) is 28.9 Å². The lowest BCUT2D eigenvalue weighted by atomic mass is 9.98. The van der Waals surface area contributed by atoms with E-state index in [4.69, 9.17) is 4.74 Å². The van der Waals surface area contributed by atoms with Gasteiger partial charge in [-0.2, -0.15) is 4.31 Å². The van der Waals surface area contributed by atoms with Gasteiger partial charge in [0.05, 0.1) is 18.7 Å². The highest BCUT2D eigenvalue weighted by atomic mass is 32.2. The van der Waals surface area contributed by atoms with Crippen molar-refractivity contribution < 1.29 is 22.7 Å². The van der Waals surface area contributed by atoms with Gasteiger partial charge in [-0.05, 0) is 56.4 Å². The van der Waals surface area contributed by atoms with Crippen LogP contribution in [0.5, 0.6) is 5.75 Å². The Bertz CT molecular complexity index is 1140. The third-order valence-corrected chi connectivity index (χ3v) is 8.13. The molecular weight excluding hydrogens is 444 g/mol. The molecule has 0 unspecified atom stereocenters. The summed E-state index contributed by atoms with van der Waals surface area (Å²) in [6.45, 7) is 3.72. The van der Waals surface area contributed by atoms with Crippen LogP contribution in [-0.2, 0) is 14.8 Å². The monoisotopic (exact) mass is 474 g/mol. The Labute approximate surface area is 194 Å². The Morgan fingerprint density at radius 2 is 1.88 bits per heavy atom. The average molecular weight is 475 g/mol. The molecule has 2 aliphatic heterocycles. The molecule has 9 nitrogen and oxygen atoms in total. The van der Waals surface area contributed by atoms with E-state index < -0.39 is 15.9 Å². The highest BCUT2D eigenvalue weighted by Gasteiger charge is 2.34. The summed E-state index contributed by atoms with van der Waals surface area (Å²) < 4.78 is 33.2. The number of hydrogen-bond donors (Lipinski definition) is 2. The molecule has 3 heterocycles. The third kappa shape index (κ3) is 4.91. The first-order valence-electron chi connectivity index (χ1n) is 11.2. The summed E-state index contributed by atoms with van der Waals surface area (Å²) >= 11 is 0. The van der Waals surface area contributed by atoms with Crippen LogP contribution < -0.4 is 10.1 Å². The molecule has 1 atom stereocenters. The van der Waals surface area contributed by atoms with E-state index >= 15 is 0 Å². The van der Waals surface area contributed by atoms with Gasteiger partial charge in [0.25, 0.3) is 5.91 Å². The molecule has 2 amide bonds. The number of benzene rings is 1. The number of ether oxygens (including phenoxy) is 1. The second kappa shape index (κ2) is 9.56. The van der Waals surface area contributed by atoms with Crippen molar-refractivity contribution in [1.29, 1.82) is 0 Å². The number of aryl methyl sites for hydroxylation is 1. The molecule has 2 fully saturated rings. The Balaban J connectivity index is 1.46. The van der Waals surface area contributed by atoms with Crippen LogP contribution in [0.4, 0.5) is 5.69 Å². The molecule has 1 aromatic carbocycles. The standard InChI is InChI=1S/C23H30N4O5S/c1-16-7-8-21(32-2)19(12-16)25-22(28)17-6-5-11-27(15-17)33(30,31)18-13-20(24-14-18)23(29)26-9-3-4-10-26/h7-8,12-14,17,24H,3-6,9-11,15H2,1-2H3,(H,25,28)/t17-/m0/s1. The molecule has 0 saturated carbocycles. The third-order valence-electron chi connectivity index (χ3n) is 6.29. The fourth-order valence-corrected chi connectivity index (χ4v) is 5.93. The average Bonchev–Trinajstić information content (AvgIpc) is 3.52. The number of methoxy groups -OCH3 is 1. The van der Waals surface area contributed by atoms with Gasteiger partial charge in [-0.3, -0.25) is 9.59 Å². The molecule has 0 aliphatic carbocycles. The summed E-state index contributed by atoms with van der Waals surface area (Å²) in [5, 5.41) is 2.89. The van der Waals surface area contributed by atoms with Gasteiger partial charge in [-0.25, -0.2) is 8.42 Å². The molecule has 0 bridgehead atoms. The first-order valence-corrected chi connectivity index (χ1v) is 12.7. The van der Waals surface area contributed by atoms with Crippen molar-refractivity contribution >= 4 is 27.5 Å². The van der Waals surface area contributed by atoms with E-state index in [0.717, 1.165) is 18.4 Å². The molecule has 2 aromatic rings. The topological polar surface area (TPSA) is 112 Å². The number of hydrogen-bond acceptors (Lipinski definition) is 5. The second-order valence-corrected chi connectivity index (χ2v) is 10.6. The minimum absolute atomic E-state index is 0.0476. The summed E-state index contributed by atoms with van der Waals surface area (Å²) in [6, 6.07) is 6.91. The van der Waals surface area contributed by atoms with Crippen LogP contribution in [-0.4, -0.2) is 67.7 Å². The molecule has 2 aliphatic rings. The van der Waals surface area contributed by atoms with Crippen molar-refractivity contribution in [2.75, 3.05) is 38.6 Å². The van der Waals surface area contributed by atoms with Gasteiger partial charge in [-0.15, -0.1) is 0 Å². The number of piperidine rings is 1. The SMILES string of the molecule is COc1ccc(C)cc1NC(=O)[C@H]1CCCN(S(=O)(=O)c2c[nH]c(C(=O)N3CCCC3)c2)C1. The van der Waals surface area contributed by atoms with Gasteiger partial charge < -0.3 is 19.9 Å². The van der Waals surface area contributed by atoms with E-state index in [0.29, 0.717) is 43.9 Å². The van der Waals surface area contributed by atoms with E-state index in [1.54, 1.807) is 11.0 Å². The fraction of sp³-hybridized carbons (Fsp3) is 0.478. The van der Waals surface area contributed by atoms with Crippen molar-refractivity contribution in [3.05, 3.63) is 41.7 Å². The van der Waals surface area contributed by atoms with E-state index in [1.807, 2.05) is 19.1 Å². The minimum Gasteiger partial charge on any atom is -0.495 e. The molecule has 33 heavy (non-hydrogen) atoms. The largest absolute Gasteiger partial charge is 0.495 e. The number of likely N-dealkylation sites (tertiary alicyclic amines) is 1.